The summed E-state index contributed by atoms with van der Waals surface area (Å²) in [7, 11) is 0. The third-order valence-corrected chi connectivity index (χ3v) is 4.23. The zero-order valence-corrected chi connectivity index (χ0v) is 11.2. The standard InChI is InChI=1S/C14H12F3NOS/c15-14(16,17)19-10-3-1-9(2-4-10)13-11-6-8-20-12(11)5-7-18-13/h1-4,6,8,13,18H,5,7H2. The average molecular weight is 299 g/mol. The van der Waals surface area contributed by atoms with Crippen LogP contribution in [-0.4, -0.2) is 12.9 Å². The molecule has 0 saturated carbocycles. The van der Waals surface area contributed by atoms with Crippen LogP contribution in [0.5, 0.6) is 5.75 Å². The van der Waals surface area contributed by atoms with Crippen molar-refractivity contribution in [1.29, 1.82) is 0 Å². The second kappa shape index (κ2) is 5.10. The molecule has 3 rings (SSSR count). The van der Waals surface area contributed by atoms with E-state index in [2.05, 4.69) is 16.1 Å². The molecule has 1 unspecified atom stereocenters. The highest BCUT2D eigenvalue weighted by Gasteiger charge is 2.31. The summed E-state index contributed by atoms with van der Waals surface area (Å²) in [5.74, 6) is -0.192. The van der Waals surface area contributed by atoms with Crippen LogP contribution in [0.1, 0.15) is 22.0 Å². The fraction of sp³-hybridized carbons (Fsp3) is 0.286. The highest BCUT2D eigenvalue weighted by atomic mass is 32.1. The van der Waals surface area contributed by atoms with E-state index in [9.17, 15) is 13.2 Å². The molecule has 20 heavy (non-hydrogen) atoms. The Morgan fingerprint density at radius 1 is 1.15 bits per heavy atom. The third kappa shape index (κ3) is 2.81. The molecule has 0 saturated heterocycles. The minimum absolute atomic E-state index is 0.0462. The zero-order valence-electron chi connectivity index (χ0n) is 10.4. The fourth-order valence-corrected chi connectivity index (χ4v) is 3.33. The Hall–Kier alpha value is -1.53. The smallest absolute Gasteiger partial charge is 0.406 e. The number of hydrogen-bond acceptors (Lipinski definition) is 3. The van der Waals surface area contributed by atoms with Crippen molar-refractivity contribution >= 4 is 11.3 Å². The molecule has 0 radical (unpaired) electrons. The first-order valence-corrected chi connectivity index (χ1v) is 7.06. The van der Waals surface area contributed by atoms with Crippen molar-refractivity contribution in [2.24, 2.45) is 0 Å². The van der Waals surface area contributed by atoms with Gasteiger partial charge in [-0.15, -0.1) is 24.5 Å². The molecule has 2 heterocycles. The Morgan fingerprint density at radius 2 is 1.90 bits per heavy atom. The summed E-state index contributed by atoms with van der Waals surface area (Å²) in [5.41, 5.74) is 2.16. The molecular weight excluding hydrogens is 287 g/mol. The number of nitrogens with one attached hydrogen (secondary N) is 1. The van der Waals surface area contributed by atoms with Gasteiger partial charge in [0.25, 0.3) is 0 Å². The van der Waals surface area contributed by atoms with Crippen LogP contribution in [-0.2, 0) is 6.42 Å². The van der Waals surface area contributed by atoms with Crippen LogP contribution >= 0.6 is 11.3 Å². The Bertz CT molecular complexity index is 591. The van der Waals surface area contributed by atoms with Gasteiger partial charge in [0.05, 0.1) is 6.04 Å². The SMILES string of the molecule is FC(F)(F)Oc1ccc(C2NCCc3sccc32)cc1. The molecule has 0 amide bonds. The fourth-order valence-electron chi connectivity index (χ4n) is 2.41. The molecule has 1 aromatic carbocycles. The largest absolute Gasteiger partial charge is 0.573 e. The predicted molar refractivity (Wildman–Crippen MR) is 71.0 cm³/mol. The van der Waals surface area contributed by atoms with Crippen LogP contribution in [0.4, 0.5) is 13.2 Å². The maximum Gasteiger partial charge on any atom is 0.573 e. The number of ether oxygens (including phenoxy) is 1. The van der Waals surface area contributed by atoms with Gasteiger partial charge in [-0.2, -0.15) is 0 Å². The number of rotatable bonds is 2. The lowest BCUT2D eigenvalue weighted by Gasteiger charge is -2.24. The van der Waals surface area contributed by atoms with E-state index >= 15 is 0 Å². The number of benzene rings is 1. The molecule has 1 aliphatic rings. The van der Waals surface area contributed by atoms with Crippen molar-refractivity contribution in [2.75, 3.05) is 6.54 Å². The van der Waals surface area contributed by atoms with Crippen LogP contribution < -0.4 is 10.1 Å². The highest BCUT2D eigenvalue weighted by Crippen LogP contribution is 2.33. The second-order valence-electron chi connectivity index (χ2n) is 4.55. The number of halogens is 3. The summed E-state index contributed by atoms with van der Waals surface area (Å²) in [6, 6.07) is 8.16. The van der Waals surface area contributed by atoms with Gasteiger partial charge >= 0.3 is 6.36 Å². The van der Waals surface area contributed by atoms with Crippen LogP contribution in [0.2, 0.25) is 0 Å². The van der Waals surface area contributed by atoms with Gasteiger partial charge in [0.2, 0.25) is 0 Å². The first-order chi connectivity index (χ1) is 9.53. The van der Waals surface area contributed by atoms with Crippen molar-refractivity contribution in [3.8, 4) is 5.75 Å². The van der Waals surface area contributed by atoms with Crippen molar-refractivity contribution in [3.63, 3.8) is 0 Å². The van der Waals surface area contributed by atoms with Gasteiger partial charge in [-0.1, -0.05) is 12.1 Å². The molecule has 1 N–H and O–H groups in total. The van der Waals surface area contributed by atoms with Gasteiger partial charge in [-0.05, 0) is 41.1 Å². The van der Waals surface area contributed by atoms with E-state index in [0.717, 1.165) is 18.5 Å². The normalized spacial score (nSPS) is 18.6. The van der Waals surface area contributed by atoms with Crippen LogP contribution in [0, 0.1) is 0 Å². The van der Waals surface area contributed by atoms with Gasteiger partial charge in [-0.3, -0.25) is 0 Å². The number of alkyl halides is 3. The Balaban J connectivity index is 1.83. The third-order valence-electron chi connectivity index (χ3n) is 3.24. The van der Waals surface area contributed by atoms with E-state index < -0.39 is 6.36 Å². The van der Waals surface area contributed by atoms with E-state index in [4.69, 9.17) is 0 Å². The first kappa shape index (κ1) is 13.5. The summed E-state index contributed by atoms with van der Waals surface area (Å²) in [6.45, 7) is 0.874. The lowest BCUT2D eigenvalue weighted by molar-refractivity contribution is -0.274. The minimum atomic E-state index is -4.65. The van der Waals surface area contributed by atoms with Crippen molar-refractivity contribution in [3.05, 3.63) is 51.7 Å². The number of thiophene rings is 1. The summed E-state index contributed by atoms with van der Waals surface area (Å²) in [6.07, 6.45) is -3.65. The molecule has 2 aromatic rings. The molecule has 0 fully saturated rings. The highest BCUT2D eigenvalue weighted by molar-refractivity contribution is 7.10. The van der Waals surface area contributed by atoms with E-state index in [1.807, 2.05) is 5.38 Å². The monoisotopic (exact) mass is 299 g/mol. The summed E-state index contributed by atoms with van der Waals surface area (Å²) in [5, 5.41) is 5.44. The summed E-state index contributed by atoms with van der Waals surface area (Å²) in [4.78, 5) is 1.34. The van der Waals surface area contributed by atoms with Gasteiger partial charge < -0.3 is 10.1 Å². The molecule has 1 atom stereocenters. The number of fused-ring (bicyclic) bond motifs is 1. The Morgan fingerprint density at radius 3 is 2.60 bits per heavy atom. The zero-order chi connectivity index (χ0) is 14.2. The van der Waals surface area contributed by atoms with E-state index in [1.54, 1.807) is 23.5 Å². The lowest BCUT2D eigenvalue weighted by Crippen LogP contribution is -2.29. The summed E-state index contributed by atoms with van der Waals surface area (Å²) < 4.78 is 40.2. The Labute approximate surface area is 118 Å². The van der Waals surface area contributed by atoms with Crippen LogP contribution in [0.15, 0.2) is 35.7 Å². The lowest BCUT2D eigenvalue weighted by atomic mass is 9.95. The van der Waals surface area contributed by atoms with Crippen molar-refractivity contribution in [2.45, 2.75) is 18.8 Å². The van der Waals surface area contributed by atoms with E-state index in [0.29, 0.717) is 0 Å². The maximum absolute atomic E-state index is 12.1. The summed E-state index contributed by atoms with van der Waals surface area (Å²) >= 11 is 1.72. The quantitative estimate of drug-likeness (QED) is 0.908. The minimum Gasteiger partial charge on any atom is -0.406 e. The first-order valence-electron chi connectivity index (χ1n) is 6.18. The molecule has 106 valence electrons. The predicted octanol–water partition coefficient (Wildman–Crippen LogP) is 3.88. The van der Waals surface area contributed by atoms with E-state index in [-0.39, 0.29) is 11.8 Å². The molecule has 2 nitrogen and oxygen atoms in total. The topological polar surface area (TPSA) is 21.3 Å². The van der Waals surface area contributed by atoms with Gasteiger partial charge in [0.1, 0.15) is 5.75 Å². The maximum atomic E-state index is 12.1. The molecule has 1 aromatic heterocycles. The van der Waals surface area contributed by atoms with Gasteiger partial charge in [-0.25, -0.2) is 0 Å². The molecule has 0 bridgehead atoms. The average Bonchev–Trinajstić information content (AvgIpc) is 2.86. The molecule has 6 heteroatoms. The molecule has 0 aliphatic carbocycles. The van der Waals surface area contributed by atoms with E-state index in [1.165, 1.54) is 22.6 Å². The number of hydrogen-bond donors (Lipinski definition) is 1. The second-order valence-corrected chi connectivity index (χ2v) is 5.55. The molecule has 1 aliphatic heterocycles. The van der Waals surface area contributed by atoms with Gasteiger partial charge in [0, 0.05) is 11.4 Å². The van der Waals surface area contributed by atoms with Gasteiger partial charge in [0.15, 0.2) is 0 Å². The molecular formula is C14H12F3NOS. The van der Waals surface area contributed by atoms with Crippen molar-refractivity contribution in [1.82, 2.24) is 5.32 Å². The molecule has 0 spiro atoms. The van der Waals surface area contributed by atoms with Crippen LogP contribution in [0.25, 0.3) is 0 Å². The van der Waals surface area contributed by atoms with Crippen LogP contribution in [0.3, 0.4) is 0 Å². The Kier molecular flexibility index (Phi) is 3.43. The van der Waals surface area contributed by atoms with Crippen molar-refractivity contribution < 1.29 is 17.9 Å².